The van der Waals surface area contributed by atoms with Gasteiger partial charge in [-0.3, -0.25) is 0 Å². The van der Waals surface area contributed by atoms with Crippen molar-refractivity contribution in [3.05, 3.63) is 24.4 Å². The minimum atomic E-state index is 0.567. The van der Waals surface area contributed by atoms with Crippen LogP contribution in [0.15, 0.2) is 18.6 Å². The van der Waals surface area contributed by atoms with Crippen molar-refractivity contribution in [2.75, 3.05) is 7.05 Å². The third-order valence-electron chi connectivity index (χ3n) is 1.17. The van der Waals surface area contributed by atoms with Crippen LogP contribution >= 0.6 is 0 Å². The monoisotopic (exact) mass is 151 g/mol. The Hall–Kier alpha value is -1.52. The third-order valence-corrected chi connectivity index (χ3v) is 1.17. The van der Waals surface area contributed by atoms with Gasteiger partial charge in [0.25, 0.3) is 0 Å². The summed E-state index contributed by atoms with van der Waals surface area (Å²) in [7, 11) is 1.80. The number of aromatic nitrogens is 4. The second kappa shape index (κ2) is 3.60. The lowest BCUT2D eigenvalue weighted by atomic mass is 10.3. The van der Waals surface area contributed by atoms with Gasteiger partial charge >= 0.3 is 0 Å². The quantitative estimate of drug-likeness (QED) is 0.633. The van der Waals surface area contributed by atoms with Crippen LogP contribution in [0, 0.1) is 0 Å². The van der Waals surface area contributed by atoms with Crippen LogP contribution in [0.3, 0.4) is 0 Å². The lowest BCUT2D eigenvalue weighted by Crippen LogP contribution is -2.09. The number of nitrogens with one attached hydrogen (secondary N) is 1. The van der Waals surface area contributed by atoms with E-state index in [9.17, 15) is 0 Å². The van der Waals surface area contributed by atoms with Gasteiger partial charge in [0.1, 0.15) is 0 Å². The summed E-state index contributed by atoms with van der Waals surface area (Å²) in [5.74, 6) is 0.576. The molecule has 0 aromatic carbocycles. The van der Waals surface area contributed by atoms with Crippen molar-refractivity contribution in [3.8, 4) is 0 Å². The van der Waals surface area contributed by atoms with Crippen LogP contribution in [0.2, 0.25) is 0 Å². The van der Waals surface area contributed by atoms with E-state index in [0.29, 0.717) is 12.2 Å². The molecular formula is C6H9N5. The third kappa shape index (κ3) is 2.29. The van der Waals surface area contributed by atoms with Crippen molar-refractivity contribution in [1.82, 2.24) is 25.7 Å². The number of hydrogen-bond donors (Lipinski definition) is 1. The van der Waals surface area contributed by atoms with Crippen molar-refractivity contribution in [3.63, 3.8) is 0 Å². The van der Waals surface area contributed by atoms with E-state index >= 15 is 0 Å². The first-order valence-electron chi connectivity index (χ1n) is 3.17. The standard InChI is InChI=1S/C6H9N5/c1-5(7-2)3-6-10-8-4-9-11-6/h4,7H,1,3H2,2H3. The molecule has 1 aromatic heterocycles. The van der Waals surface area contributed by atoms with Gasteiger partial charge in [-0.1, -0.05) is 6.58 Å². The van der Waals surface area contributed by atoms with Crippen molar-refractivity contribution >= 4 is 0 Å². The zero-order valence-electron chi connectivity index (χ0n) is 6.28. The maximum Gasteiger partial charge on any atom is 0.179 e. The minimum absolute atomic E-state index is 0.567. The topological polar surface area (TPSA) is 63.6 Å². The fourth-order valence-electron chi connectivity index (χ4n) is 0.578. The summed E-state index contributed by atoms with van der Waals surface area (Å²) in [6.45, 7) is 3.72. The predicted octanol–water partition coefficient (Wildman–Crippen LogP) is -0.458. The summed E-state index contributed by atoms with van der Waals surface area (Å²) in [4.78, 5) is 0. The molecule has 0 saturated carbocycles. The van der Waals surface area contributed by atoms with Gasteiger partial charge in [-0.05, 0) is 0 Å². The summed E-state index contributed by atoms with van der Waals surface area (Å²) >= 11 is 0. The molecular weight excluding hydrogens is 142 g/mol. The van der Waals surface area contributed by atoms with Crippen LogP contribution in [-0.2, 0) is 6.42 Å². The number of nitrogens with zero attached hydrogens (tertiary/aromatic N) is 4. The SMILES string of the molecule is C=C(Cc1nncnn1)NC. The van der Waals surface area contributed by atoms with Crippen LogP contribution in [0.25, 0.3) is 0 Å². The number of hydrogen-bond acceptors (Lipinski definition) is 5. The van der Waals surface area contributed by atoms with Crippen LogP contribution in [0.5, 0.6) is 0 Å². The smallest absolute Gasteiger partial charge is 0.179 e. The Kier molecular flexibility index (Phi) is 2.48. The molecule has 58 valence electrons. The molecule has 1 aromatic rings. The highest BCUT2D eigenvalue weighted by Gasteiger charge is 1.97. The fraction of sp³-hybridized carbons (Fsp3) is 0.333. The lowest BCUT2D eigenvalue weighted by molar-refractivity contribution is 0.755. The first-order valence-corrected chi connectivity index (χ1v) is 3.17. The lowest BCUT2D eigenvalue weighted by Gasteiger charge is -1.99. The molecule has 0 unspecified atom stereocenters. The van der Waals surface area contributed by atoms with Gasteiger partial charge < -0.3 is 5.32 Å². The second-order valence-electron chi connectivity index (χ2n) is 1.99. The molecule has 0 fully saturated rings. The molecule has 1 N–H and O–H groups in total. The molecule has 0 aliphatic carbocycles. The average Bonchev–Trinajstić information content (AvgIpc) is 2.06. The molecule has 0 atom stereocenters. The fourth-order valence-corrected chi connectivity index (χ4v) is 0.578. The Labute approximate surface area is 64.6 Å². The summed E-state index contributed by atoms with van der Waals surface area (Å²) in [5.41, 5.74) is 0.847. The van der Waals surface area contributed by atoms with E-state index in [-0.39, 0.29) is 0 Å². The molecule has 11 heavy (non-hydrogen) atoms. The second-order valence-corrected chi connectivity index (χ2v) is 1.99. The molecule has 5 heteroatoms. The van der Waals surface area contributed by atoms with E-state index in [4.69, 9.17) is 0 Å². The summed E-state index contributed by atoms with van der Waals surface area (Å²) in [5, 5.41) is 17.5. The Morgan fingerprint density at radius 2 is 2.18 bits per heavy atom. The molecule has 0 radical (unpaired) electrons. The van der Waals surface area contributed by atoms with E-state index in [1.807, 2.05) is 0 Å². The van der Waals surface area contributed by atoms with Gasteiger partial charge in [-0.15, -0.1) is 20.4 Å². The Bertz CT molecular complexity index is 232. The van der Waals surface area contributed by atoms with Crippen molar-refractivity contribution in [2.45, 2.75) is 6.42 Å². The predicted molar refractivity (Wildman–Crippen MR) is 39.5 cm³/mol. The minimum Gasteiger partial charge on any atom is -0.392 e. The van der Waals surface area contributed by atoms with Crippen molar-refractivity contribution in [1.29, 1.82) is 0 Å². The molecule has 0 saturated heterocycles. The zero-order chi connectivity index (χ0) is 8.10. The van der Waals surface area contributed by atoms with E-state index in [0.717, 1.165) is 5.70 Å². The Balaban J connectivity index is 2.58. The van der Waals surface area contributed by atoms with E-state index in [1.54, 1.807) is 7.05 Å². The van der Waals surface area contributed by atoms with Crippen LogP contribution < -0.4 is 5.32 Å². The maximum atomic E-state index is 3.74. The maximum absolute atomic E-state index is 3.74. The van der Waals surface area contributed by atoms with Crippen molar-refractivity contribution in [2.24, 2.45) is 0 Å². The first-order chi connectivity index (χ1) is 5.33. The highest BCUT2D eigenvalue weighted by molar-refractivity contribution is 4.99. The molecule has 0 amide bonds. The van der Waals surface area contributed by atoms with E-state index < -0.39 is 0 Å². The first kappa shape index (κ1) is 7.59. The zero-order valence-corrected chi connectivity index (χ0v) is 6.28. The summed E-state index contributed by atoms with van der Waals surface area (Å²) in [6, 6.07) is 0. The molecule has 0 aliphatic heterocycles. The highest BCUT2D eigenvalue weighted by atomic mass is 15.3. The van der Waals surface area contributed by atoms with Gasteiger partial charge in [0.2, 0.25) is 0 Å². The Morgan fingerprint density at radius 3 is 2.73 bits per heavy atom. The van der Waals surface area contributed by atoms with E-state index in [2.05, 4.69) is 32.3 Å². The summed E-state index contributed by atoms with van der Waals surface area (Å²) in [6.07, 6.45) is 1.86. The Morgan fingerprint density at radius 1 is 1.55 bits per heavy atom. The van der Waals surface area contributed by atoms with Crippen LogP contribution in [-0.4, -0.2) is 27.4 Å². The van der Waals surface area contributed by atoms with Gasteiger partial charge in [-0.2, -0.15) is 0 Å². The van der Waals surface area contributed by atoms with Gasteiger partial charge in [0.15, 0.2) is 12.2 Å². The molecule has 1 heterocycles. The number of likely N-dealkylation sites (N-methyl/N-ethyl adjacent to an activating group) is 1. The van der Waals surface area contributed by atoms with Crippen LogP contribution in [0.1, 0.15) is 5.82 Å². The van der Waals surface area contributed by atoms with Gasteiger partial charge in [0, 0.05) is 12.7 Å². The van der Waals surface area contributed by atoms with Crippen molar-refractivity contribution < 1.29 is 0 Å². The summed E-state index contributed by atoms with van der Waals surface area (Å²) < 4.78 is 0. The largest absolute Gasteiger partial charge is 0.392 e. The number of rotatable bonds is 3. The average molecular weight is 151 g/mol. The van der Waals surface area contributed by atoms with Gasteiger partial charge in [-0.25, -0.2) is 0 Å². The van der Waals surface area contributed by atoms with Gasteiger partial charge in [0.05, 0.1) is 6.42 Å². The molecule has 0 aliphatic rings. The number of allylic oxidation sites excluding steroid dienone is 1. The molecule has 1 rings (SSSR count). The molecule has 0 bridgehead atoms. The van der Waals surface area contributed by atoms with E-state index in [1.165, 1.54) is 6.33 Å². The van der Waals surface area contributed by atoms with Crippen LogP contribution in [0.4, 0.5) is 0 Å². The molecule has 0 spiro atoms. The highest BCUT2D eigenvalue weighted by Crippen LogP contribution is 1.92. The molecule has 5 nitrogen and oxygen atoms in total. The normalized spacial score (nSPS) is 9.18.